The maximum atomic E-state index is 11.3. The van der Waals surface area contributed by atoms with E-state index in [1.807, 2.05) is 60.7 Å². The fourth-order valence-electron chi connectivity index (χ4n) is 2.02. The number of benzene rings is 2. The second-order valence-electron chi connectivity index (χ2n) is 4.38. The van der Waals surface area contributed by atoms with Gasteiger partial charge in [-0.2, -0.15) is 0 Å². The van der Waals surface area contributed by atoms with Crippen molar-refractivity contribution in [1.82, 2.24) is 0 Å². The number of hydrogen-bond donors (Lipinski definition) is 1. The predicted octanol–water partition coefficient (Wildman–Crippen LogP) is 2.99. The molecule has 0 amide bonds. The van der Waals surface area contributed by atoms with Gasteiger partial charge < -0.3 is 10.5 Å². The Bertz CT molecular complexity index is 525. The van der Waals surface area contributed by atoms with Crippen LogP contribution >= 0.6 is 0 Å². The van der Waals surface area contributed by atoms with E-state index < -0.39 is 6.10 Å². The molecule has 2 aromatic carbocycles. The van der Waals surface area contributed by atoms with Crippen molar-refractivity contribution >= 4 is 5.97 Å². The summed E-state index contributed by atoms with van der Waals surface area (Å²) >= 11 is 0. The molecule has 0 fully saturated rings. The minimum atomic E-state index is -0.471. The van der Waals surface area contributed by atoms with Crippen LogP contribution in [0.3, 0.4) is 0 Å². The SMILES string of the molecule is CC(=O)O[C@H](c1ccccc1)[C@H](N)c1ccccc1. The van der Waals surface area contributed by atoms with Crippen LogP contribution in [0.4, 0.5) is 0 Å². The van der Waals surface area contributed by atoms with Gasteiger partial charge in [-0.25, -0.2) is 0 Å². The van der Waals surface area contributed by atoms with Gasteiger partial charge in [0, 0.05) is 6.92 Å². The summed E-state index contributed by atoms with van der Waals surface area (Å²) in [4.78, 5) is 11.3. The molecule has 0 heterocycles. The standard InChI is InChI=1S/C16H17NO2/c1-12(18)19-16(14-10-6-3-7-11-14)15(17)13-8-4-2-5-9-13/h2-11,15-16H,17H2,1H3/t15-,16-/m1/s1. The Morgan fingerprint density at radius 2 is 1.42 bits per heavy atom. The summed E-state index contributed by atoms with van der Waals surface area (Å²) in [6.07, 6.45) is -0.471. The third-order valence-electron chi connectivity index (χ3n) is 2.93. The molecule has 0 spiro atoms. The average Bonchev–Trinajstić information content (AvgIpc) is 2.46. The second-order valence-corrected chi connectivity index (χ2v) is 4.38. The molecule has 2 N–H and O–H groups in total. The third-order valence-corrected chi connectivity index (χ3v) is 2.93. The van der Waals surface area contributed by atoms with E-state index in [9.17, 15) is 4.79 Å². The Hall–Kier alpha value is -2.13. The largest absolute Gasteiger partial charge is 0.456 e. The zero-order valence-corrected chi connectivity index (χ0v) is 10.8. The van der Waals surface area contributed by atoms with E-state index in [2.05, 4.69) is 0 Å². The highest BCUT2D eigenvalue weighted by Gasteiger charge is 2.23. The molecule has 19 heavy (non-hydrogen) atoms. The lowest BCUT2D eigenvalue weighted by Gasteiger charge is -2.24. The Balaban J connectivity index is 2.30. The molecule has 0 unspecified atom stereocenters. The quantitative estimate of drug-likeness (QED) is 0.854. The second kappa shape index (κ2) is 6.16. The number of carbonyl (C=O) groups is 1. The molecule has 98 valence electrons. The Morgan fingerprint density at radius 3 is 1.89 bits per heavy atom. The molecule has 0 saturated heterocycles. The summed E-state index contributed by atoms with van der Waals surface area (Å²) in [5, 5.41) is 0. The molecule has 0 bridgehead atoms. The minimum Gasteiger partial charge on any atom is -0.456 e. The Labute approximate surface area is 113 Å². The van der Waals surface area contributed by atoms with Gasteiger partial charge in [0.2, 0.25) is 0 Å². The number of hydrogen-bond acceptors (Lipinski definition) is 3. The molecule has 2 aromatic rings. The summed E-state index contributed by atoms with van der Waals surface area (Å²) in [5.74, 6) is -0.333. The van der Waals surface area contributed by atoms with Crippen LogP contribution in [0.2, 0.25) is 0 Å². The first-order valence-corrected chi connectivity index (χ1v) is 6.21. The van der Waals surface area contributed by atoms with Crippen LogP contribution in [0.25, 0.3) is 0 Å². The molecular weight excluding hydrogens is 238 g/mol. The van der Waals surface area contributed by atoms with Crippen molar-refractivity contribution in [2.75, 3.05) is 0 Å². The number of carbonyl (C=O) groups excluding carboxylic acids is 1. The zero-order chi connectivity index (χ0) is 13.7. The number of ether oxygens (including phenoxy) is 1. The molecule has 3 nitrogen and oxygen atoms in total. The summed E-state index contributed by atoms with van der Waals surface area (Å²) in [7, 11) is 0. The van der Waals surface area contributed by atoms with Crippen molar-refractivity contribution in [3.8, 4) is 0 Å². The Kier molecular flexibility index (Phi) is 4.31. The smallest absolute Gasteiger partial charge is 0.303 e. The lowest BCUT2D eigenvalue weighted by Crippen LogP contribution is -2.23. The predicted molar refractivity (Wildman–Crippen MR) is 74.3 cm³/mol. The van der Waals surface area contributed by atoms with Gasteiger partial charge in [-0.1, -0.05) is 60.7 Å². The van der Waals surface area contributed by atoms with Crippen LogP contribution in [0.15, 0.2) is 60.7 Å². The molecule has 0 aliphatic carbocycles. The first-order chi connectivity index (χ1) is 9.18. The molecule has 2 atom stereocenters. The first kappa shape index (κ1) is 13.3. The fraction of sp³-hybridized carbons (Fsp3) is 0.188. The van der Waals surface area contributed by atoms with Gasteiger partial charge in [-0.15, -0.1) is 0 Å². The summed E-state index contributed by atoms with van der Waals surface area (Å²) in [6.45, 7) is 1.40. The van der Waals surface area contributed by atoms with Crippen molar-refractivity contribution in [1.29, 1.82) is 0 Å². The van der Waals surface area contributed by atoms with E-state index in [4.69, 9.17) is 10.5 Å². The van der Waals surface area contributed by atoms with Gasteiger partial charge in [0.05, 0.1) is 6.04 Å². The Morgan fingerprint density at radius 1 is 0.947 bits per heavy atom. The van der Waals surface area contributed by atoms with Gasteiger partial charge in [0.25, 0.3) is 0 Å². The number of rotatable bonds is 4. The molecule has 0 saturated carbocycles. The van der Waals surface area contributed by atoms with Gasteiger partial charge in [-0.3, -0.25) is 4.79 Å². The highest BCUT2D eigenvalue weighted by atomic mass is 16.5. The molecule has 2 rings (SSSR count). The normalized spacial score (nSPS) is 13.6. The molecule has 3 heteroatoms. The number of nitrogens with two attached hydrogens (primary N) is 1. The molecule has 0 radical (unpaired) electrons. The van der Waals surface area contributed by atoms with Crippen LogP contribution in [-0.2, 0) is 9.53 Å². The third kappa shape index (κ3) is 3.42. The lowest BCUT2D eigenvalue weighted by atomic mass is 9.96. The van der Waals surface area contributed by atoms with Crippen LogP contribution < -0.4 is 5.73 Å². The zero-order valence-electron chi connectivity index (χ0n) is 10.8. The monoisotopic (exact) mass is 255 g/mol. The van der Waals surface area contributed by atoms with Gasteiger partial charge >= 0.3 is 5.97 Å². The van der Waals surface area contributed by atoms with Crippen molar-refractivity contribution in [2.45, 2.75) is 19.1 Å². The first-order valence-electron chi connectivity index (χ1n) is 6.21. The van der Waals surface area contributed by atoms with E-state index in [1.165, 1.54) is 6.92 Å². The highest BCUT2D eigenvalue weighted by molar-refractivity contribution is 5.66. The topological polar surface area (TPSA) is 52.3 Å². The minimum absolute atomic E-state index is 0.333. The summed E-state index contributed by atoms with van der Waals surface area (Å²) in [6, 6.07) is 18.8. The van der Waals surface area contributed by atoms with E-state index in [-0.39, 0.29) is 12.0 Å². The average molecular weight is 255 g/mol. The van der Waals surface area contributed by atoms with Crippen LogP contribution in [0, 0.1) is 0 Å². The van der Waals surface area contributed by atoms with Crippen molar-refractivity contribution in [2.24, 2.45) is 5.73 Å². The van der Waals surface area contributed by atoms with Crippen molar-refractivity contribution in [3.63, 3.8) is 0 Å². The summed E-state index contributed by atoms with van der Waals surface area (Å²) in [5.41, 5.74) is 8.08. The van der Waals surface area contributed by atoms with Gasteiger partial charge in [-0.05, 0) is 11.1 Å². The van der Waals surface area contributed by atoms with E-state index in [1.54, 1.807) is 0 Å². The van der Waals surface area contributed by atoms with Crippen LogP contribution in [0.5, 0.6) is 0 Å². The van der Waals surface area contributed by atoms with Gasteiger partial charge in [0.1, 0.15) is 6.10 Å². The molecular formula is C16H17NO2. The van der Waals surface area contributed by atoms with Crippen LogP contribution in [0.1, 0.15) is 30.2 Å². The number of esters is 1. The fourth-order valence-corrected chi connectivity index (χ4v) is 2.02. The van der Waals surface area contributed by atoms with Crippen LogP contribution in [-0.4, -0.2) is 5.97 Å². The van der Waals surface area contributed by atoms with E-state index >= 15 is 0 Å². The molecule has 0 aliphatic rings. The van der Waals surface area contributed by atoms with E-state index in [0.29, 0.717) is 0 Å². The van der Waals surface area contributed by atoms with E-state index in [0.717, 1.165) is 11.1 Å². The maximum Gasteiger partial charge on any atom is 0.303 e. The highest BCUT2D eigenvalue weighted by Crippen LogP contribution is 2.30. The summed E-state index contributed by atoms with van der Waals surface area (Å²) < 4.78 is 5.39. The van der Waals surface area contributed by atoms with Crippen molar-refractivity contribution in [3.05, 3.63) is 71.8 Å². The molecule has 0 aliphatic heterocycles. The van der Waals surface area contributed by atoms with Crippen molar-refractivity contribution < 1.29 is 9.53 Å². The van der Waals surface area contributed by atoms with Gasteiger partial charge in [0.15, 0.2) is 0 Å². The molecule has 0 aromatic heterocycles. The maximum absolute atomic E-state index is 11.3. The lowest BCUT2D eigenvalue weighted by molar-refractivity contribution is -0.148.